The quantitative estimate of drug-likeness (QED) is 0.642. The molecule has 0 saturated carbocycles. The molecule has 1 heterocycles. The van der Waals surface area contributed by atoms with Gasteiger partial charge in [0.2, 0.25) is 0 Å². The summed E-state index contributed by atoms with van der Waals surface area (Å²) < 4.78 is 0. The fraction of sp³-hybridized carbons (Fsp3) is 0.158. The van der Waals surface area contributed by atoms with E-state index in [1.54, 1.807) is 0 Å². The number of benzene rings is 2. The number of thioether (sulfide) groups is 1. The molecule has 3 aromatic rings. The Kier molecular flexibility index (Phi) is 5.82. The largest absolute Gasteiger partial charge is 0.395 e. The van der Waals surface area contributed by atoms with Crippen molar-refractivity contribution in [2.45, 2.75) is 10.6 Å². The molecule has 0 atom stereocenters. The molecule has 0 saturated heterocycles. The Balaban J connectivity index is 1.61. The summed E-state index contributed by atoms with van der Waals surface area (Å²) in [5.41, 5.74) is 3.20. The van der Waals surface area contributed by atoms with Gasteiger partial charge in [-0.3, -0.25) is 0 Å². The Labute approximate surface area is 146 Å². The van der Waals surface area contributed by atoms with Gasteiger partial charge in [0.1, 0.15) is 5.82 Å². The number of aliphatic hydroxyl groups is 1. The van der Waals surface area contributed by atoms with Crippen LogP contribution in [-0.2, 0) is 5.75 Å². The molecule has 0 amide bonds. The highest BCUT2D eigenvalue weighted by molar-refractivity contribution is 7.98. The molecule has 0 radical (unpaired) electrons. The molecule has 2 N–H and O–H groups in total. The highest BCUT2D eigenvalue weighted by atomic mass is 32.2. The van der Waals surface area contributed by atoms with Gasteiger partial charge in [0.05, 0.1) is 12.3 Å². The second-order valence-electron chi connectivity index (χ2n) is 5.25. The van der Waals surface area contributed by atoms with E-state index in [1.807, 2.05) is 30.0 Å². The van der Waals surface area contributed by atoms with E-state index in [-0.39, 0.29) is 6.61 Å². The van der Waals surface area contributed by atoms with Crippen LogP contribution in [0.5, 0.6) is 0 Å². The minimum absolute atomic E-state index is 0.0749. The van der Waals surface area contributed by atoms with E-state index in [9.17, 15) is 0 Å². The Morgan fingerprint density at radius 3 is 2.33 bits per heavy atom. The van der Waals surface area contributed by atoms with Crippen LogP contribution in [0.1, 0.15) is 5.56 Å². The maximum Gasteiger partial charge on any atom is 0.148 e. The lowest BCUT2D eigenvalue weighted by atomic mass is 10.1. The van der Waals surface area contributed by atoms with E-state index in [4.69, 9.17) is 5.11 Å². The lowest BCUT2D eigenvalue weighted by Crippen LogP contribution is -2.07. The number of hydrogen-bond donors (Lipinski definition) is 2. The topological polar surface area (TPSA) is 58.0 Å². The van der Waals surface area contributed by atoms with Crippen LogP contribution in [0.2, 0.25) is 0 Å². The van der Waals surface area contributed by atoms with E-state index in [2.05, 4.69) is 64.0 Å². The van der Waals surface area contributed by atoms with Crippen molar-refractivity contribution in [1.29, 1.82) is 0 Å². The van der Waals surface area contributed by atoms with Crippen molar-refractivity contribution in [3.8, 4) is 11.3 Å². The highest BCUT2D eigenvalue weighted by Crippen LogP contribution is 2.25. The minimum Gasteiger partial charge on any atom is -0.395 e. The molecule has 0 spiro atoms. The summed E-state index contributed by atoms with van der Waals surface area (Å²) in [5, 5.41) is 20.1. The fourth-order valence-electron chi connectivity index (χ4n) is 2.23. The summed E-state index contributed by atoms with van der Waals surface area (Å²) in [7, 11) is 0. The third-order valence-corrected chi connectivity index (χ3v) is 4.56. The molecule has 0 unspecified atom stereocenters. The Hall–Kier alpha value is -2.37. The van der Waals surface area contributed by atoms with Crippen LogP contribution in [0.15, 0.2) is 71.6 Å². The molecule has 0 aliphatic rings. The number of nitrogens with zero attached hydrogens (tertiary/aromatic N) is 2. The molecule has 1 aromatic heterocycles. The summed E-state index contributed by atoms with van der Waals surface area (Å²) in [6.07, 6.45) is 0. The third-order valence-electron chi connectivity index (χ3n) is 3.48. The molecule has 0 aliphatic heterocycles. The lowest BCUT2D eigenvalue weighted by molar-refractivity contribution is 0.311. The second-order valence-corrected chi connectivity index (χ2v) is 6.30. The Bertz CT molecular complexity index is 746. The Morgan fingerprint density at radius 1 is 0.875 bits per heavy atom. The van der Waals surface area contributed by atoms with Crippen molar-refractivity contribution in [1.82, 2.24) is 10.2 Å². The Morgan fingerprint density at radius 2 is 1.67 bits per heavy atom. The first kappa shape index (κ1) is 16.5. The van der Waals surface area contributed by atoms with E-state index in [0.29, 0.717) is 12.4 Å². The average molecular weight is 337 g/mol. The number of anilines is 1. The molecule has 4 nitrogen and oxygen atoms in total. The fourth-order valence-corrected chi connectivity index (χ4v) is 3.08. The van der Waals surface area contributed by atoms with Crippen molar-refractivity contribution in [3.05, 3.63) is 72.3 Å². The zero-order valence-electron chi connectivity index (χ0n) is 13.2. The van der Waals surface area contributed by atoms with Gasteiger partial charge in [0, 0.05) is 22.8 Å². The zero-order chi connectivity index (χ0) is 16.6. The monoisotopic (exact) mass is 337 g/mol. The van der Waals surface area contributed by atoms with E-state index in [0.717, 1.165) is 17.0 Å². The van der Waals surface area contributed by atoms with Crippen molar-refractivity contribution in [2.24, 2.45) is 0 Å². The van der Waals surface area contributed by atoms with Crippen molar-refractivity contribution in [3.63, 3.8) is 0 Å². The molecule has 122 valence electrons. The predicted octanol–water partition coefficient (Wildman–Crippen LogP) is 3.84. The van der Waals surface area contributed by atoms with Gasteiger partial charge in [-0.1, -0.05) is 42.5 Å². The van der Waals surface area contributed by atoms with Gasteiger partial charge in [-0.25, -0.2) is 0 Å². The predicted molar refractivity (Wildman–Crippen MR) is 99.0 cm³/mol. The van der Waals surface area contributed by atoms with Crippen LogP contribution in [-0.4, -0.2) is 28.5 Å². The minimum atomic E-state index is 0.0749. The standard InChI is InChI=1S/C19H19N3OS/c23-13-12-20-19-11-10-18(21-22-19)16-6-8-17(9-7-16)24-14-15-4-2-1-3-5-15/h1-11,23H,12-14H2,(H,20,22). The van der Waals surface area contributed by atoms with Crippen LogP contribution in [0.25, 0.3) is 11.3 Å². The number of hydrogen-bond acceptors (Lipinski definition) is 5. The van der Waals surface area contributed by atoms with Gasteiger partial charge >= 0.3 is 0 Å². The summed E-state index contributed by atoms with van der Waals surface area (Å²) in [4.78, 5) is 1.23. The van der Waals surface area contributed by atoms with Gasteiger partial charge in [0.25, 0.3) is 0 Å². The van der Waals surface area contributed by atoms with Gasteiger partial charge in [-0.2, -0.15) is 0 Å². The molecule has 2 aromatic carbocycles. The normalized spacial score (nSPS) is 10.5. The van der Waals surface area contributed by atoms with E-state index < -0.39 is 0 Å². The first-order valence-corrected chi connectivity index (χ1v) is 8.79. The molecule has 0 fully saturated rings. The molecule has 0 bridgehead atoms. The third kappa shape index (κ3) is 4.57. The number of nitrogens with one attached hydrogen (secondary N) is 1. The van der Waals surface area contributed by atoms with E-state index >= 15 is 0 Å². The van der Waals surface area contributed by atoms with Crippen LogP contribution < -0.4 is 5.32 Å². The van der Waals surface area contributed by atoms with E-state index in [1.165, 1.54) is 10.5 Å². The first-order chi connectivity index (χ1) is 11.8. The molecular weight excluding hydrogens is 318 g/mol. The summed E-state index contributed by atoms with van der Waals surface area (Å²) in [6, 6.07) is 22.6. The number of aromatic nitrogens is 2. The second kappa shape index (κ2) is 8.47. The van der Waals surface area contributed by atoms with Gasteiger partial charge in [-0.05, 0) is 29.8 Å². The summed E-state index contributed by atoms with van der Waals surface area (Å²) >= 11 is 1.82. The van der Waals surface area contributed by atoms with Crippen LogP contribution in [0, 0.1) is 0 Å². The molecule has 0 aliphatic carbocycles. The molecule has 5 heteroatoms. The summed E-state index contributed by atoms with van der Waals surface area (Å²) in [6.45, 7) is 0.549. The first-order valence-electron chi connectivity index (χ1n) is 7.81. The molecule has 3 rings (SSSR count). The molecule has 24 heavy (non-hydrogen) atoms. The zero-order valence-corrected chi connectivity index (χ0v) is 14.0. The smallest absolute Gasteiger partial charge is 0.148 e. The van der Waals surface area contributed by atoms with Crippen molar-refractivity contribution >= 4 is 17.6 Å². The SMILES string of the molecule is OCCNc1ccc(-c2ccc(SCc3ccccc3)cc2)nn1. The van der Waals surface area contributed by atoms with Crippen molar-refractivity contribution in [2.75, 3.05) is 18.5 Å². The lowest BCUT2D eigenvalue weighted by Gasteiger charge is -2.06. The van der Waals surface area contributed by atoms with Gasteiger partial charge in [-0.15, -0.1) is 22.0 Å². The number of rotatable bonds is 7. The van der Waals surface area contributed by atoms with Gasteiger partial charge < -0.3 is 10.4 Å². The number of aliphatic hydroxyl groups excluding tert-OH is 1. The molecular formula is C19H19N3OS. The van der Waals surface area contributed by atoms with Gasteiger partial charge in [0.15, 0.2) is 0 Å². The highest BCUT2D eigenvalue weighted by Gasteiger charge is 2.02. The maximum atomic E-state index is 8.79. The van der Waals surface area contributed by atoms with Crippen LogP contribution >= 0.6 is 11.8 Å². The van der Waals surface area contributed by atoms with Crippen LogP contribution in [0.4, 0.5) is 5.82 Å². The van der Waals surface area contributed by atoms with Crippen LogP contribution in [0.3, 0.4) is 0 Å². The van der Waals surface area contributed by atoms with Crippen molar-refractivity contribution < 1.29 is 5.11 Å². The average Bonchev–Trinajstić information content (AvgIpc) is 2.66. The maximum absolute atomic E-state index is 8.79. The summed E-state index contributed by atoms with van der Waals surface area (Å²) in [5.74, 6) is 1.63.